The first-order valence-corrected chi connectivity index (χ1v) is 5.83. The number of halogens is 2. The Hall–Kier alpha value is -1.08. The first-order valence-electron chi connectivity index (χ1n) is 5.45. The Morgan fingerprint density at radius 3 is 2.56 bits per heavy atom. The highest BCUT2D eigenvalue weighted by Gasteiger charge is 2.34. The molecule has 0 nitrogen and oxygen atoms in total. The van der Waals surface area contributed by atoms with Crippen LogP contribution >= 0.6 is 11.6 Å². The summed E-state index contributed by atoms with van der Waals surface area (Å²) in [7, 11) is 0. The minimum atomic E-state index is -1.13. The summed E-state index contributed by atoms with van der Waals surface area (Å²) in [4.78, 5) is -0.863. The lowest BCUT2D eigenvalue weighted by atomic mass is 9.89. The zero-order chi connectivity index (χ0) is 11.6. The first kappa shape index (κ1) is 11.4. The van der Waals surface area contributed by atoms with Crippen LogP contribution in [0.4, 0.5) is 4.39 Å². The molecule has 2 rings (SSSR count). The summed E-state index contributed by atoms with van der Waals surface area (Å²) in [5.74, 6) is 0. The fraction of sp³-hybridized carbons (Fsp3) is 0.286. The van der Waals surface area contributed by atoms with Crippen LogP contribution in [0, 0.1) is 0 Å². The Bertz CT molecular complexity index is 422. The van der Waals surface area contributed by atoms with Gasteiger partial charge in [-0.15, -0.1) is 11.6 Å². The zero-order valence-electron chi connectivity index (χ0n) is 9.16. The molecule has 0 spiro atoms. The Morgan fingerprint density at radius 1 is 1.31 bits per heavy atom. The van der Waals surface area contributed by atoms with Gasteiger partial charge in [0, 0.05) is 0 Å². The van der Waals surface area contributed by atoms with Crippen LogP contribution in [-0.4, -0.2) is 11.0 Å². The summed E-state index contributed by atoms with van der Waals surface area (Å²) in [5, 5.41) is 0. The van der Waals surface area contributed by atoms with Crippen molar-refractivity contribution >= 4 is 17.2 Å². The Kier molecular flexibility index (Phi) is 3.15. The smallest absolute Gasteiger partial charge is 0.142 e. The van der Waals surface area contributed by atoms with Gasteiger partial charge in [0.05, 0.1) is 4.87 Å². The molecule has 16 heavy (non-hydrogen) atoms. The molecule has 0 saturated heterocycles. The van der Waals surface area contributed by atoms with E-state index in [1.54, 1.807) is 12.2 Å². The van der Waals surface area contributed by atoms with Gasteiger partial charge in [0.2, 0.25) is 0 Å². The maximum atomic E-state index is 13.9. The molecule has 1 aromatic rings. The van der Waals surface area contributed by atoms with Crippen molar-refractivity contribution in [2.75, 3.05) is 0 Å². The maximum absolute atomic E-state index is 13.9. The molecule has 1 aliphatic carbocycles. The molecule has 0 bridgehead atoms. The van der Waals surface area contributed by atoms with Crippen molar-refractivity contribution in [2.24, 2.45) is 0 Å². The fourth-order valence-electron chi connectivity index (χ4n) is 1.81. The quantitative estimate of drug-likeness (QED) is 0.669. The van der Waals surface area contributed by atoms with Gasteiger partial charge in [0.15, 0.2) is 0 Å². The zero-order valence-corrected chi connectivity index (χ0v) is 9.92. The van der Waals surface area contributed by atoms with Crippen molar-refractivity contribution < 1.29 is 4.39 Å². The third-order valence-electron chi connectivity index (χ3n) is 2.97. The van der Waals surface area contributed by atoms with Crippen LogP contribution in [0.25, 0.3) is 5.57 Å². The summed E-state index contributed by atoms with van der Waals surface area (Å²) in [6.07, 6.45) is 4.74. The van der Waals surface area contributed by atoms with Gasteiger partial charge in [0.25, 0.3) is 0 Å². The van der Waals surface area contributed by atoms with Gasteiger partial charge in [-0.25, -0.2) is 4.39 Å². The number of hydrogen-bond donors (Lipinski definition) is 0. The van der Waals surface area contributed by atoms with Crippen LogP contribution in [0.2, 0.25) is 0 Å². The summed E-state index contributed by atoms with van der Waals surface area (Å²) in [6.45, 7) is 1.89. The normalized spacial score (nSPS) is 28.9. The summed E-state index contributed by atoms with van der Waals surface area (Å²) < 4.78 is 13.9. The average Bonchev–Trinajstić information content (AvgIpc) is 2.34. The van der Waals surface area contributed by atoms with Crippen molar-refractivity contribution in [2.45, 2.75) is 24.4 Å². The van der Waals surface area contributed by atoms with Crippen LogP contribution in [-0.2, 0) is 0 Å². The van der Waals surface area contributed by atoms with Crippen LogP contribution in [0.3, 0.4) is 0 Å². The van der Waals surface area contributed by atoms with Crippen LogP contribution in [0.5, 0.6) is 0 Å². The highest BCUT2D eigenvalue weighted by atomic mass is 35.5. The van der Waals surface area contributed by atoms with E-state index in [2.05, 4.69) is 0 Å². The van der Waals surface area contributed by atoms with Crippen molar-refractivity contribution in [1.82, 2.24) is 0 Å². The van der Waals surface area contributed by atoms with Crippen LogP contribution in [0.1, 0.15) is 18.9 Å². The van der Waals surface area contributed by atoms with Gasteiger partial charge >= 0.3 is 0 Å². The predicted octanol–water partition coefficient (Wildman–Crippen LogP) is 4.37. The summed E-state index contributed by atoms with van der Waals surface area (Å²) >= 11 is 6.16. The molecule has 1 aromatic carbocycles. The summed E-state index contributed by atoms with van der Waals surface area (Å²) in [5.41, 5.74) is 1.93. The average molecular weight is 237 g/mol. The van der Waals surface area contributed by atoms with Crippen LogP contribution < -0.4 is 0 Å². The fourth-order valence-corrected chi connectivity index (χ4v) is 1.93. The largest absolute Gasteiger partial charge is 0.241 e. The number of alkyl halides is 2. The number of rotatable bonds is 2. The molecule has 2 atom stereocenters. The standard InChI is InChI=1S/C14H14ClF/c1-2-14(15)9-8-12(10-13(14)16)11-6-4-3-5-7-11/h3-10,13H,2H2,1H3/t13-,14+/m1/s1. The monoisotopic (exact) mass is 236 g/mol. The second kappa shape index (κ2) is 4.42. The van der Waals surface area contributed by atoms with Gasteiger partial charge in [-0.1, -0.05) is 49.4 Å². The van der Waals surface area contributed by atoms with E-state index in [9.17, 15) is 4.39 Å². The third kappa shape index (κ3) is 2.05. The lowest BCUT2D eigenvalue weighted by Gasteiger charge is -2.27. The molecule has 2 heteroatoms. The molecule has 84 valence electrons. The minimum absolute atomic E-state index is 0.588. The van der Waals surface area contributed by atoms with Crippen molar-refractivity contribution in [3.63, 3.8) is 0 Å². The van der Waals surface area contributed by atoms with Gasteiger partial charge < -0.3 is 0 Å². The Labute approximate surface area is 100 Å². The van der Waals surface area contributed by atoms with Crippen molar-refractivity contribution in [1.29, 1.82) is 0 Å². The SMILES string of the molecule is CC[C@]1(Cl)C=CC(c2ccccc2)=C[C@H]1F. The van der Waals surface area contributed by atoms with E-state index in [0.717, 1.165) is 11.1 Å². The van der Waals surface area contributed by atoms with Crippen LogP contribution in [0.15, 0.2) is 48.6 Å². The van der Waals surface area contributed by atoms with E-state index in [1.165, 1.54) is 0 Å². The number of benzene rings is 1. The molecule has 0 fully saturated rings. The van der Waals surface area contributed by atoms with E-state index in [1.807, 2.05) is 43.3 Å². The first-order chi connectivity index (χ1) is 7.65. The summed E-state index contributed by atoms with van der Waals surface area (Å²) in [6, 6.07) is 9.77. The number of hydrogen-bond acceptors (Lipinski definition) is 0. The minimum Gasteiger partial charge on any atom is -0.241 e. The van der Waals surface area contributed by atoms with E-state index in [4.69, 9.17) is 11.6 Å². The van der Waals surface area contributed by atoms with Crippen molar-refractivity contribution in [3.05, 3.63) is 54.1 Å². The highest BCUT2D eigenvalue weighted by Crippen LogP contribution is 2.35. The molecule has 0 unspecified atom stereocenters. The van der Waals surface area contributed by atoms with E-state index >= 15 is 0 Å². The lowest BCUT2D eigenvalue weighted by molar-refractivity contribution is 0.334. The van der Waals surface area contributed by atoms with Gasteiger partial charge in [-0.3, -0.25) is 0 Å². The molecule has 0 amide bonds. The van der Waals surface area contributed by atoms with E-state index in [0.29, 0.717) is 6.42 Å². The third-order valence-corrected chi connectivity index (χ3v) is 3.58. The molecule has 1 aliphatic rings. The van der Waals surface area contributed by atoms with Gasteiger partial charge in [-0.2, -0.15) is 0 Å². The number of allylic oxidation sites excluding steroid dienone is 4. The molecule has 0 N–H and O–H groups in total. The molecule has 0 aromatic heterocycles. The van der Waals surface area contributed by atoms with Gasteiger partial charge in [-0.05, 0) is 23.6 Å². The second-order valence-electron chi connectivity index (χ2n) is 4.00. The van der Waals surface area contributed by atoms with E-state index < -0.39 is 11.0 Å². The van der Waals surface area contributed by atoms with Crippen molar-refractivity contribution in [3.8, 4) is 0 Å². The second-order valence-corrected chi connectivity index (χ2v) is 4.71. The molecular weight excluding hydrogens is 223 g/mol. The Balaban J connectivity index is 2.30. The molecule has 0 heterocycles. The maximum Gasteiger partial charge on any atom is 0.142 e. The lowest BCUT2D eigenvalue weighted by Crippen LogP contribution is -2.31. The molecular formula is C14H14ClF. The topological polar surface area (TPSA) is 0 Å². The highest BCUT2D eigenvalue weighted by molar-refractivity contribution is 6.26. The predicted molar refractivity (Wildman–Crippen MR) is 67.3 cm³/mol. The van der Waals surface area contributed by atoms with Gasteiger partial charge in [0.1, 0.15) is 6.17 Å². The Morgan fingerprint density at radius 2 is 2.00 bits per heavy atom. The molecule has 0 aliphatic heterocycles. The molecule has 0 radical (unpaired) electrons. The molecule has 0 saturated carbocycles. The van der Waals surface area contributed by atoms with E-state index in [-0.39, 0.29) is 0 Å².